The van der Waals surface area contributed by atoms with Crippen LogP contribution in [0.3, 0.4) is 0 Å². The number of amides is 2. The van der Waals surface area contributed by atoms with Crippen LogP contribution in [0.15, 0.2) is 78.9 Å². The molecule has 0 spiro atoms. The highest BCUT2D eigenvalue weighted by Crippen LogP contribution is 2.37. The Hall–Kier alpha value is -3.60. The highest BCUT2D eigenvalue weighted by molar-refractivity contribution is 6.01. The van der Waals surface area contributed by atoms with Gasteiger partial charge in [0.25, 0.3) is 0 Å². The molecule has 0 bridgehead atoms. The van der Waals surface area contributed by atoms with Crippen LogP contribution in [0.1, 0.15) is 48.8 Å². The lowest BCUT2D eigenvalue weighted by molar-refractivity contribution is -0.148. The van der Waals surface area contributed by atoms with Crippen molar-refractivity contribution in [2.45, 2.75) is 57.5 Å². The molecule has 0 aromatic heterocycles. The predicted molar refractivity (Wildman–Crippen MR) is 147 cm³/mol. The van der Waals surface area contributed by atoms with Gasteiger partial charge in [0.2, 0.25) is 11.8 Å². The molecule has 1 fully saturated rings. The van der Waals surface area contributed by atoms with Crippen molar-refractivity contribution in [3.63, 3.8) is 0 Å². The van der Waals surface area contributed by atoms with Crippen LogP contribution < -0.4 is 10.2 Å². The molecule has 2 amide bonds. The molecule has 188 valence electrons. The maximum atomic E-state index is 14.1. The normalized spacial score (nSPS) is 14.6. The summed E-state index contributed by atoms with van der Waals surface area (Å²) < 4.78 is 0. The molecule has 4 rings (SSSR count). The number of hydrogen-bond acceptors (Lipinski definition) is 3. The molecular formula is C31H37N3O2. The van der Waals surface area contributed by atoms with E-state index >= 15 is 0 Å². The second-order valence-electron chi connectivity index (χ2n) is 10.1. The molecule has 3 aromatic rings. The van der Waals surface area contributed by atoms with Gasteiger partial charge in [0.15, 0.2) is 0 Å². The fourth-order valence-corrected chi connectivity index (χ4v) is 5.15. The minimum atomic E-state index is -0.882. The zero-order chi connectivity index (χ0) is 25.5. The summed E-state index contributed by atoms with van der Waals surface area (Å²) in [5.74, 6) is -0.0979. The Balaban J connectivity index is 1.68. The summed E-state index contributed by atoms with van der Waals surface area (Å²) in [5, 5.41) is 3.17. The number of carbonyl (C=O) groups excluding carboxylic acids is 2. The molecule has 0 radical (unpaired) electrons. The summed E-state index contributed by atoms with van der Waals surface area (Å²) in [5.41, 5.74) is 4.10. The van der Waals surface area contributed by atoms with Crippen molar-refractivity contribution < 1.29 is 9.59 Å². The van der Waals surface area contributed by atoms with E-state index in [0.29, 0.717) is 19.4 Å². The SMILES string of the molecule is Cc1ccccc1CN(C(=O)Cc1ccccc1)C1(C(=O)Nc2ccc(N(C)C)cc2)CCCCC1. The van der Waals surface area contributed by atoms with E-state index in [0.717, 1.165) is 47.3 Å². The van der Waals surface area contributed by atoms with Crippen LogP contribution in [0.5, 0.6) is 0 Å². The second-order valence-corrected chi connectivity index (χ2v) is 10.1. The molecular weight excluding hydrogens is 446 g/mol. The Morgan fingerprint density at radius 3 is 2.11 bits per heavy atom. The van der Waals surface area contributed by atoms with Crippen molar-refractivity contribution in [1.29, 1.82) is 0 Å². The number of nitrogens with one attached hydrogen (secondary N) is 1. The number of hydrogen-bond donors (Lipinski definition) is 1. The van der Waals surface area contributed by atoms with Gasteiger partial charge in [0, 0.05) is 32.0 Å². The third kappa shape index (κ3) is 5.78. The fourth-order valence-electron chi connectivity index (χ4n) is 5.15. The molecule has 0 atom stereocenters. The Bertz CT molecular complexity index is 1170. The first-order valence-electron chi connectivity index (χ1n) is 12.9. The van der Waals surface area contributed by atoms with Crippen LogP contribution in [0.2, 0.25) is 0 Å². The number of benzene rings is 3. The maximum Gasteiger partial charge on any atom is 0.250 e. The summed E-state index contributed by atoms with van der Waals surface area (Å²) in [4.78, 5) is 31.9. The van der Waals surface area contributed by atoms with E-state index < -0.39 is 5.54 Å². The molecule has 1 aliphatic carbocycles. The lowest BCUT2D eigenvalue weighted by Gasteiger charge is -2.45. The molecule has 0 unspecified atom stereocenters. The van der Waals surface area contributed by atoms with Gasteiger partial charge in [-0.1, -0.05) is 73.9 Å². The molecule has 5 heteroatoms. The third-order valence-electron chi connectivity index (χ3n) is 7.35. The molecule has 1 saturated carbocycles. The lowest BCUT2D eigenvalue weighted by atomic mass is 9.78. The van der Waals surface area contributed by atoms with E-state index in [2.05, 4.69) is 24.4 Å². The molecule has 0 aliphatic heterocycles. The van der Waals surface area contributed by atoms with E-state index in [1.807, 2.05) is 90.6 Å². The number of aryl methyl sites for hydroxylation is 1. The summed E-state index contributed by atoms with van der Waals surface area (Å²) in [6, 6.07) is 25.8. The van der Waals surface area contributed by atoms with E-state index in [4.69, 9.17) is 0 Å². The number of rotatable bonds is 8. The van der Waals surface area contributed by atoms with E-state index in [1.54, 1.807) is 0 Å². The summed E-state index contributed by atoms with van der Waals surface area (Å²) in [6.45, 7) is 2.49. The standard InChI is InChI=1S/C31H37N3O2/c1-24-12-8-9-15-26(24)23-34(29(35)22-25-13-6-4-7-14-25)31(20-10-5-11-21-31)30(36)32-27-16-18-28(19-17-27)33(2)3/h4,6-9,12-19H,5,10-11,20-23H2,1-3H3,(H,32,36). The predicted octanol–water partition coefficient (Wildman–Crippen LogP) is 5.97. The summed E-state index contributed by atoms with van der Waals surface area (Å²) in [6.07, 6.45) is 4.55. The Morgan fingerprint density at radius 2 is 1.47 bits per heavy atom. The van der Waals surface area contributed by atoms with Gasteiger partial charge in [-0.2, -0.15) is 0 Å². The minimum absolute atomic E-state index is 0.00976. The Kier molecular flexibility index (Phi) is 8.09. The van der Waals surface area contributed by atoms with Crippen LogP contribution in [0, 0.1) is 6.92 Å². The van der Waals surface area contributed by atoms with Crippen LogP contribution in [0.4, 0.5) is 11.4 Å². The largest absolute Gasteiger partial charge is 0.378 e. The van der Waals surface area contributed by atoms with Crippen LogP contribution in [-0.2, 0) is 22.6 Å². The van der Waals surface area contributed by atoms with Gasteiger partial charge < -0.3 is 15.1 Å². The van der Waals surface area contributed by atoms with Crippen LogP contribution in [0.25, 0.3) is 0 Å². The number of nitrogens with zero attached hydrogens (tertiary/aromatic N) is 2. The number of carbonyl (C=O) groups is 2. The Labute approximate surface area is 215 Å². The van der Waals surface area contributed by atoms with Gasteiger partial charge >= 0.3 is 0 Å². The third-order valence-corrected chi connectivity index (χ3v) is 7.35. The van der Waals surface area contributed by atoms with Gasteiger partial charge in [0.05, 0.1) is 6.42 Å². The van der Waals surface area contributed by atoms with Crippen molar-refractivity contribution >= 4 is 23.2 Å². The lowest BCUT2D eigenvalue weighted by Crippen LogP contribution is -2.60. The van der Waals surface area contributed by atoms with Crippen molar-refractivity contribution in [2.24, 2.45) is 0 Å². The fraction of sp³-hybridized carbons (Fsp3) is 0.355. The van der Waals surface area contributed by atoms with Crippen LogP contribution >= 0.6 is 0 Å². The average Bonchev–Trinajstić information content (AvgIpc) is 2.89. The van der Waals surface area contributed by atoms with E-state index in [9.17, 15) is 9.59 Å². The Morgan fingerprint density at radius 1 is 0.833 bits per heavy atom. The first kappa shape index (κ1) is 25.5. The highest BCUT2D eigenvalue weighted by Gasteiger charge is 2.47. The molecule has 5 nitrogen and oxygen atoms in total. The second kappa shape index (κ2) is 11.4. The average molecular weight is 484 g/mol. The highest BCUT2D eigenvalue weighted by atomic mass is 16.2. The molecule has 1 aliphatic rings. The van der Waals surface area contributed by atoms with Crippen molar-refractivity contribution in [3.8, 4) is 0 Å². The van der Waals surface area contributed by atoms with Gasteiger partial charge in [-0.3, -0.25) is 9.59 Å². The van der Waals surface area contributed by atoms with Gasteiger partial charge in [-0.25, -0.2) is 0 Å². The molecule has 1 N–H and O–H groups in total. The quantitative estimate of drug-likeness (QED) is 0.429. The smallest absolute Gasteiger partial charge is 0.250 e. The monoisotopic (exact) mass is 483 g/mol. The van der Waals surface area contributed by atoms with Crippen molar-refractivity contribution in [3.05, 3.63) is 95.6 Å². The van der Waals surface area contributed by atoms with Crippen molar-refractivity contribution in [2.75, 3.05) is 24.3 Å². The topological polar surface area (TPSA) is 52.7 Å². The summed E-state index contributed by atoms with van der Waals surface area (Å²) >= 11 is 0. The molecule has 0 heterocycles. The number of anilines is 2. The van der Waals surface area contributed by atoms with E-state index in [1.165, 1.54) is 0 Å². The molecule has 3 aromatic carbocycles. The first-order chi connectivity index (χ1) is 17.4. The van der Waals surface area contributed by atoms with Crippen LogP contribution in [-0.4, -0.2) is 36.3 Å². The van der Waals surface area contributed by atoms with Crippen molar-refractivity contribution in [1.82, 2.24) is 4.90 Å². The zero-order valence-corrected chi connectivity index (χ0v) is 21.7. The minimum Gasteiger partial charge on any atom is -0.378 e. The van der Waals surface area contributed by atoms with Gasteiger partial charge in [-0.15, -0.1) is 0 Å². The van der Waals surface area contributed by atoms with Gasteiger partial charge in [-0.05, 0) is 60.7 Å². The summed E-state index contributed by atoms with van der Waals surface area (Å²) in [7, 11) is 3.98. The van der Waals surface area contributed by atoms with E-state index in [-0.39, 0.29) is 18.2 Å². The molecule has 36 heavy (non-hydrogen) atoms. The maximum absolute atomic E-state index is 14.1. The molecule has 0 saturated heterocycles. The first-order valence-corrected chi connectivity index (χ1v) is 12.9. The van der Waals surface area contributed by atoms with Gasteiger partial charge in [0.1, 0.15) is 5.54 Å². The zero-order valence-electron chi connectivity index (χ0n) is 21.7.